The van der Waals surface area contributed by atoms with Gasteiger partial charge in [0.1, 0.15) is 0 Å². The molecule has 1 heterocycles. The molecule has 0 radical (unpaired) electrons. The Hall–Kier alpha value is -1.63. The molecule has 1 aromatic heterocycles. The zero-order valence-corrected chi connectivity index (χ0v) is 8.25. The fourth-order valence-corrected chi connectivity index (χ4v) is 1.18. The van der Waals surface area contributed by atoms with Crippen LogP contribution in [0.4, 0.5) is 13.2 Å². The number of hydrogen-bond donors (Lipinski definition) is 2. The number of carboxylic acid groups (broad SMARTS) is 1. The zero-order chi connectivity index (χ0) is 12.6. The van der Waals surface area contributed by atoms with Gasteiger partial charge in [-0.2, -0.15) is 13.2 Å². The first-order valence-electron chi connectivity index (χ1n) is 4.20. The Morgan fingerprint density at radius 2 is 2.00 bits per heavy atom. The normalized spacial score (nSPS) is 15.6. The van der Waals surface area contributed by atoms with E-state index in [1.807, 2.05) is 0 Å². The second kappa shape index (κ2) is 3.75. The van der Waals surface area contributed by atoms with Crippen molar-refractivity contribution in [1.29, 1.82) is 0 Å². The molecule has 0 aromatic carbocycles. The molecule has 4 nitrogen and oxygen atoms in total. The summed E-state index contributed by atoms with van der Waals surface area (Å²) in [5, 5.41) is 8.64. The van der Waals surface area contributed by atoms with E-state index in [0.717, 1.165) is 12.3 Å². The Balaban J connectivity index is 3.39. The van der Waals surface area contributed by atoms with Crippen LogP contribution in [0.1, 0.15) is 11.1 Å². The molecular formula is C9H9F3N2O2. The number of aryl methyl sites for hydroxylation is 1. The SMILES string of the molecule is Cc1cncc(C(N)(C(=O)O)C(F)(F)F)c1. The summed E-state index contributed by atoms with van der Waals surface area (Å²) in [7, 11) is 0. The molecular weight excluding hydrogens is 225 g/mol. The van der Waals surface area contributed by atoms with Gasteiger partial charge in [0.05, 0.1) is 0 Å². The number of carboxylic acids is 1. The molecule has 88 valence electrons. The van der Waals surface area contributed by atoms with Crippen LogP contribution in [-0.2, 0) is 10.3 Å². The Bertz CT molecular complexity index is 419. The summed E-state index contributed by atoms with van der Waals surface area (Å²) in [4.78, 5) is 14.2. The van der Waals surface area contributed by atoms with Crippen LogP contribution in [0.25, 0.3) is 0 Å². The summed E-state index contributed by atoms with van der Waals surface area (Å²) in [5.41, 5.74) is 1.33. The maximum atomic E-state index is 12.6. The van der Waals surface area contributed by atoms with Gasteiger partial charge >= 0.3 is 12.1 Å². The second-order valence-electron chi connectivity index (χ2n) is 3.36. The average Bonchev–Trinajstić information content (AvgIpc) is 2.14. The Morgan fingerprint density at radius 1 is 1.44 bits per heavy atom. The number of halogens is 3. The number of carbonyl (C=O) groups is 1. The minimum Gasteiger partial charge on any atom is -0.479 e. The standard InChI is InChI=1S/C9H9F3N2O2/c1-5-2-6(4-14-3-5)8(13,7(15)16)9(10,11)12/h2-4H,13H2,1H3,(H,15,16). The fraction of sp³-hybridized carbons (Fsp3) is 0.333. The highest BCUT2D eigenvalue weighted by Gasteiger charge is 2.59. The zero-order valence-electron chi connectivity index (χ0n) is 8.25. The number of nitrogens with zero attached hydrogens (tertiary/aromatic N) is 1. The van der Waals surface area contributed by atoms with Gasteiger partial charge < -0.3 is 10.8 Å². The van der Waals surface area contributed by atoms with Crippen molar-refractivity contribution >= 4 is 5.97 Å². The minimum absolute atomic E-state index is 0.401. The van der Waals surface area contributed by atoms with Crippen molar-refractivity contribution < 1.29 is 23.1 Å². The van der Waals surface area contributed by atoms with Crippen LogP contribution >= 0.6 is 0 Å². The van der Waals surface area contributed by atoms with Crippen molar-refractivity contribution in [2.24, 2.45) is 5.73 Å². The lowest BCUT2D eigenvalue weighted by atomic mass is 9.91. The molecule has 0 saturated carbocycles. The van der Waals surface area contributed by atoms with E-state index in [9.17, 15) is 18.0 Å². The van der Waals surface area contributed by atoms with Crippen molar-refractivity contribution in [2.45, 2.75) is 18.6 Å². The molecule has 0 amide bonds. The van der Waals surface area contributed by atoms with Gasteiger partial charge in [-0.1, -0.05) is 6.07 Å². The van der Waals surface area contributed by atoms with Crippen molar-refractivity contribution in [3.05, 3.63) is 29.6 Å². The topological polar surface area (TPSA) is 76.2 Å². The average molecular weight is 234 g/mol. The van der Waals surface area contributed by atoms with Crippen LogP contribution in [0, 0.1) is 6.92 Å². The first-order chi connectivity index (χ1) is 7.19. The van der Waals surface area contributed by atoms with E-state index >= 15 is 0 Å². The molecule has 0 spiro atoms. The van der Waals surface area contributed by atoms with Crippen molar-refractivity contribution in [2.75, 3.05) is 0 Å². The van der Waals surface area contributed by atoms with E-state index in [1.54, 1.807) is 0 Å². The maximum Gasteiger partial charge on any atom is 0.421 e. The summed E-state index contributed by atoms with van der Waals surface area (Å²) in [6, 6.07) is 1.05. The van der Waals surface area contributed by atoms with Crippen LogP contribution in [0.3, 0.4) is 0 Å². The van der Waals surface area contributed by atoms with E-state index < -0.39 is 23.2 Å². The molecule has 1 rings (SSSR count). The predicted octanol–water partition coefficient (Wildman–Crippen LogP) is 1.19. The van der Waals surface area contributed by atoms with Crippen LogP contribution in [0.2, 0.25) is 0 Å². The number of alkyl halides is 3. The third kappa shape index (κ3) is 1.85. The van der Waals surface area contributed by atoms with Crippen LogP contribution < -0.4 is 5.73 Å². The van der Waals surface area contributed by atoms with E-state index in [4.69, 9.17) is 10.8 Å². The van der Waals surface area contributed by atoms with Gasteiger partial charge in [0.2, 0.25) is 5.54 Å². The summed E-state index contributed by atoms with van der Waals surface area (Å²) >= 11 is 0. The van der Waals surface area contributed by atoms with E-state index in [1.165, 1.54) is 13.1 Å². The first-order valence-corrected chi connectivity index (χ1v) is 4.20. The molecule has 1 atom stereocenters. The Morgan fingerprint density at radius 3 is 2.38 bits per heavy atom. The first kappa shape index (κ1) is 12.4. The van der Waals surface area contributed by atoms with E-state index in [2.05, 4.69) is 4.98 Å². The molecule has 1 aromatic rings. The third-order valence-electron chi connectivity index (χ3n) is 2.11. The van der Waals surface area contributed by atoms with E-state index in [0.29, 0.717) is 5.56 Å². The molecule has 0 aliphatic rings. The Kier molecular flexibility index (Phi) is 2.91. The van der Waals surface area contributed by atoms with Crippen LogP contribution in [0.15, 0.2) is 18.5 Å². The Labute approximate surface area is 88.9 Å². The number of aliphatic carboxylic acids is 1. The largest absolute Gasteiger partial charge is 0.479 e. The molecule has 0 fully saturated rings. The fourth-order valence-electron chi connectivity index (χ4n) is 1.18. The highest BCUT2D eigenvalue weighted by Crippen LogP contribution is 2.36. The van der Waals surface area contributed by atoms with Gasteiger partial charge in [-0.25, -0.2) is 4.79 Å². The molecule has 3 N–H and O–H groups in total. The lowest BCUT2D eigenvalue weighted by Crippen LogP contribution is -2.56. The molecule has 7 heteroatoms. The minimum atomic E-state index is -5.09. The highest BCUT2D eigenvalue weighted by molar-refractivity contribution is 5.81. The molecule has 0 saturated heterocycles. The summed E-state index contributed by atoms with van der Waals surface area (Å²) in [6.07, 6.45) is -2.98. The van der Waals surface area contributed by atoms with Crippen LogP contribution in [0.5, 0.6) is 0 Å². The van der Waals surface area contributed by atoms with Crippen molar-refractivity contribution in [3.8, 4) is 0 Å². The number of hydrogen-bond acceptors (Lipinski definition) is 3. The monoisotopic (exact) mass is 234 g/mol. The van der Waals surface area contributed by atoms with Crippen molar-refractivity contribution in [1.82, 2.24) is 4.98 Å². The molecule has 0 aliphatic carbocycles. The molecule has 16 heavy (non-hydrogen) atoms. The summed E-state index contributed by atoms with van der Waals surface area (Å²) in [5.74, 6) is -2.16. The number of rotatable bonds is 2. The molecule has 0 bridgehead atoms. The quantitative estimate of drug-likeness (QED) is 0.805. The van der Waals surface area contributed by atoms with E-state index in [-0.39, 0.29) is 0 Å². The van der Waals surface area contributed by atoms with Gasteiger partial charge in [0.25, 0.3) is 0 Å². The van der Waals surface area contributed by atoms with Crippen molar-refractivity contribution in [3.63, 3.8) is 0 Å². The maximum absolute atomic E-state index is 12.6. The van der Waals surface area contributed by atoms with Crippen LogP contribution in [-0.4, -0.2) is 22.2 Å². The number of pyridine rings is 1. The smallest absolute Gasteiger partial charge is 0.421 e. The summed E-state index contributed by atoms with van der Waals surface area (Å²) < 4.78 is 37.9. The molecule has 1 unspecified atom stereocenters. The predicted molar refractivity (Wildman–Crippen MR) is 48.5 cm³/mol. The van der Waals surface area contributed by atoms with Gasteiger partial charge in [-0.05, 0) is 12.5 Å². The third-order valence-corrected chi connectivity index (χ3v) is 2.11. The number of aromatic nitrogens is 1. The second-order valence-corrected chi connectivity index (χ2v) is 3.36. The van der Waals surface area contributed by atoms with Gasteiger partial charge in [-0.15, -0.1) is 0 Å². The summed E-state index contributed by atoms with van der Waals surface area (Å²) in [6.45, 7) is 1.50. The van der Waals surface area contributed by atoms with Gasteiger partial charge in [0, 0.05) is 18.0 Å². The lowest BCUT2D eigenvalue weighted by molar-refractivity contribution is -0.204. The van der Waals surface area contributed by atoms with Gasteiger partial charge in [0.15, 0.2) is 0 Å². The highest BCUT2D eigenvalue weighted by atomic mass is 19.4. The molecule has 0 aliphatic heterocycles. The van der Waals surface area contributed by atoms with Gasteiger partial charge in [-0.3, -0.25) is 4.98 Å². The lowest BCUT2D eigenvalue weighted by Gasteiger charge is -2.27. The number of nitrogens with two attached hydrogens (primary N) is 1.